The highest BCUT2D eigenvalue weighted by molar-refractivity contribution is 9.10. The van der Waals surface area contributed by atoms with Crippen LogP contribution in [-0.2, 0) is 12.8 Å². The van der Waals surface area contributed by atoms with E-state index < -0.39 is 0 Å². The predicted molar refractivity (Wildman–Crippen MR) is 79.4 cm³/mol. The van der Waals surface area contributed by atoms with E-state index in [0.717, 1.165) is 38.3 Å². The van der Waals surface area contributed by atoms with E-state index in [4.69, 9.17) is 4.74 Å². The second-order valence-electron chi connectivity index (χ2n) is 5.77. The van der Waals surface area contributed by atoms with Gasteiger partial charge in [-0.3, -0.25) is 0 Å². The van der Waals surface area contributed by atoms with Crippen LogP contribution in [0.4, 0.5) is 0 Å². The Labute approximate surface area is 118 Å². The minimum Gasteiger partial charge on any atom is -0.493 e. The van der Waals surface area contributed by atoms with Gasteiger partial charge in [0.25, 0.3) is 0 Å². The van der Waals surface area contributed by atoms with Crippen LogP contribution in [0.15, 0.2) is 16.6 Å². The van der Waals surface area contributed by atoms with Gasteiger partial charge >= 0.3 is 0 Å². The Balaban J connectivity index is 2.19. The summed E-state index contributed by atoms with van der Waals surface area (Å²) < 4.78 is 6.96. The molecule has 100 valence electrons. The van der Waals surface area contributed by atoms with Gasteiger partial charge in [0, 0.05) is 17.4 Å². The number of fused-ring (bicyclic) bond motifs is 1. The number of hydrogen-bond acceptors (Lipinski definition) is 2. The summed E-state index contributed by atoms with van der Waals surface area (Å²) in [6, 6.07) is 4.39. The highest BCUT2D eigenvalue weighted by Crippen LogP contribution is 2.36. The van der Waals surface area contributed by atoms with Gasteiger partial charge in [0.2, 0.25) is 0 Å². The summed E-state index contributed by atoms with van der Waals surface area (Å²) in [6.45, 7) is 9.64. The zero-order chi connectivity index (χ0) is 13.2. The van der Waals surface area contributed by atoms with E-state index in [-0.39, 0.29) is 5.41 Å². The van der Waals surface area contributed by atoms with Gasteiger partial charge in [0.1, 0.15) is 5.75 Å². The number of hydrogen-bond donors (Lipinski definition) is 1. The summed E-state index contributed by atoms with van der Waals surface area (Å²) >= 11 is 3.60. The molecule has 0 atom stereocenters. The molecule has 1 aromatic carbocycles. The lowest BCUT2D eigenvalue weighted by Gasteiger charge is -2.26. The lowest BCUT2D eigenvalue weighted by molar-refractivity contribution is 0.322. The molecule has 3 heteroatoms. The van der Waals surface area contributed by atoms with E-state index in [2.05, 4.69) is 54.2 Å². The lowest BCUT2D eigenvalue weighted by atomic mass is 9.85. The fourth-order valence-electron chi connectivity index (χ4n) is 2.52. The Kier molecular flexibility index (Phi) is 4.33. The summed E-state index contributed by atoms with van der Waals surface area (Å²) in [5.41, 5.74) is 2.93. The van der Waals surface area contributed by atoms with Crippen LogP contribution in [0.2, 0.25) is 0 Å². The molecule has 0 amide bonds. The summed E-state index contributed by atoms with van der Waals surface area (Å²) in [6.07, 6.45) is 2.08. The molecule has 1 aliphatic rings. The van der Waals surface area contributed by atoms with Gasteiger partial charge in [-0.2, -0.15) is 0 Å². The molecule has 0 saturated carbocycles. The minimum atomic E-state index is 0.247. The number of halogens is 1. The van der Waals surface area contributed by atoms with E-state index in [1.165, 1.54) is 15.6 Å². The van der Waals surface area contributed by atoms with Crippen molar-refractivity contribution in [2.24, 2.45) is 5.41 Å². The van der Waals surface area contributed by atoms with E-state index in [1.807, 2.05) is 0 Å². The Bertz CT molecular complexity index is 429. The summed E-state index contributed by atoms with van der Waals surface area (Å²) in [5.74, 6) is 1.13. The highest BCUT2D eigenvalue weighted by Gasteiger charge is 2.24. The van der Waals surface area contributed by atoms with Crippen LogP contribution in [0.3, 0.4) is 0 Å². The number of ether oxygens (including phenoxy) is 1. The quantitative estimate of drug-likeness (QED) is 0.897. The highest BCUT2D eigenvalue weighted by atomic mass is 79.9. The van der Waals surface area contributed by atoms with E-state index >= 15 is 0 Å². The molecule has 0 aromatic heterocycles. The van der Waals surface area contributed by atoms with Crippen molar-refractivity contribution in [2.45, 2.75) is 33.6 Å². The maximum atomic E-state index is 5.79. The molecule has 0 aliphatic carbocycles. The molecule has 0 bridgehead atoms. The van der Waals surface area contributed by atoms with Crippen molar-refractivity contribution in [3.8, 4) is 5.75 Å². The first-order valence-corrected chi connectivity index (χ1v) is 7.46. The summed E-state index contributed by atoms with van der Waals surface area (Å²) in [5, 5.41) is 3.44. The molecule has 2 nitrogen and oxygen atoms in total. The second-order valence-corrected chi connectivity index (χ2v) is 6.69. The van der Waals surface area contributed by atoms with Gasteiger partial charge in [0.15, 0.2) is 0 Å². The van der Waals surface area contributed by atoms with Crippen LogP contribution in [0.5, 0.6) is 5.75 Å². The zero-order valence-corrected chi connectivity index (χ0v) is 13.1. The van der Waals surface area contributed by atoms with Crippen molar-refractivity contribution >= 4 is 15.9 Å². The number of benzene rings is 1. The molecule has 0 fully saturated rings. The second kappa shape index (κ2) is 5.62. The topological polar surface area (TPSA) is 21.3 Å². The SMILES string of the molecule is CCNCC(C)(C)Cc1cc(Br)cc2c1OCC2. The lowest BCUT2D eigenvalue weighted by Crippen LogP contribution is -2.31. The van der Waals surface area contributed by atoms with Crippen LogP contribution >= 0.6 is 15.9 Å². The standard InChI is InChI=1S/C15H22BrNO/c1-4-17-10-15(2,3)9-12-8-13(16)7-11-5-6-18-14(11)12/h7-8,17H,4-6,9-10H2,1-3H3. The van der Waals surface area contributed by atoms with Gasteiger partial charge in [-0.05, 0) is 41.6 Å². The molecule has 1 heterocycles. The largest absolute Gasteiger partial charge is 0.493 e. The Morgan fingerprint density at radius 3 is 2.89 bits per heavy atom. The van der Waals surface area contributed by atoms with Gasteiger partial charge < -0.3 is 10.1 Å². The molecule has 0 saturated heterocycles. The number of rotatable bonds is 5. The zero-order valence-electron chi connectivity index (χ0n) is 11.5. The van der Waals surface area contributed by atoms with Crippen LogP contribution in [0.25, 0.3) is 0 Å². The molecule has 0 spiro atoms. The van der Waals surface area contributed by atoms with Crippen molar-refractivity contribution in [2.75, 3.05) is 19.7 Å². The summed E-state index contributed by atoms with van der Waals surface area (Å²) in [7, 11) is 0. The first-order chi connectivity index (χ1) is 8.52. The minimum absolute atomic E-state index is 0.247. The van der Waals surface area contributed by atoms with Crippen LogP contribution in [0, 0.1) is 5.41 Å². The van der Waals surface area contributed by atoms with Crippen molar-refractivity contribution in [1.29, 1.82) is 0 Å². The third-order valence-corrected chi connectivity index (χ3v) is 3.81. The average Bonchev–Trinajstić information content (AvgIpc) is 2.74. The molecule has 18 heavy (non-hydrogen) atoms. The monoisotopic (exact) mass is 311 g/mol. The van der Waals surface area contributed by atoms with Crippen LogP contribution < -0.4 is 10.1 Å². The van der Waals surface area contributed by atoms with Crippen molar-refractivity contribution in [3.05, 3.63) is 27.7 Å². The Morgan fingerprint density at radius 2 is 2.17 bits per heavy atom. The molecule has 1 aliphatic heterocycles. The van der Waals surface area contributed by atoms with Crippen molar-refractivity contribution in [1.82, 2.24) is 5.32 Å². The summed E-state index contributed by atoms with van der Waals surface area (Å²) in [4.78, 5) is 0. The van der Waals surface area contributed by atoms with Gasteiger partial charge in [0.05, 0.1) is 6.61 Å². The third-order valence-electron chi connectivity index (χ3n) is 3.35. The van der Waals surface area contributed by atoms with E-state index in [9.17, 15) is 0 Å². The smallest absolute Gasteiger partial charge is 0.125 e. The molecule has 1 N–H and O–H groups in total. The maximum absolute atomic E-state index is 5.79. The molecule has 0 unspecified atom stereocenters. The maximum Gasteiger partial charge on any atom is 0.125 e. The van der Waals surface area contributed by atoms with Gasteiger partial charge in [-0.25, -0.2) is 0 Å². The van der Waals surface area contributed by atoms with E-state index in [1.54, 1.807) is 0 Å². The molecule has 2 rings (SSSR count). The molecular weight excluding hydrogens is 290 g/mol. The third kappa shape index (κ3) is 3.27. The molecule has 1 aromatic rings. The average molecular weight is 312 g/mol. The van der Waals surface area contributed by atoms with Crippen molar-refractivity contribution < 1.29 is 4.74 Å². The van der Waals surface area contributed by atoms with Gasteiger partial charge in [-0.15, -0.1) is 0 Å². The fourth-order valence-corrected chi connectivity index (χ4v) is 3.07. The first kappa shape index (κ1) is 13.9. The van der Waals surface area contributed by atoms with Crippen LogP contribution in [0.1, 0.15) is 31.9 Å². The Morgan fingerprint density at radius 1 is 1.39 bits per heavy atom. The Hall–Kier alpha value is -0.540. The molecule has 0 radical (unpaired) electrons. The number of nitrogens with one attached hydrogen (secondary N) is 1. The fraction of sp³-hybridized carbons (Fsp3) is 0.600. The van der Waals surface area contributed by atoms with E-state index in [0.29, 0.717) is 0 Å². The molecular formula is C15H22BrNO. The normalized spacial score (nSPS) is 14.4. The first-order valence-electron chi connectivity index (χ1n) is 6.66. The van der Waals surface area contributed by atoms with Crippen molar-refractivity contribution in [3.63, 3.8) is 0 Å². The predicted octanol–water partition coefficient (Wildman–Crippen LogP) is 3.56. The van der Waals surface area contributed by atoms with Crippen LogP contribution in [-0.4, -0.2) is 19.7 Å². The van der Waals surface area contributed by atoms with Gasteiger partial charge in [-0.1, -0.05) is 36.7 Å².